The van der Waals surface area contributed by atoms with E-state index in [1.807, 2.05) is 6.07 Å². The van der Waals surface area contributed by atoms with Crippen LogP contribution in [0.1, 0.15) is 18.6 Å². The predicted octanol–water partition coefficient (Wildman–Crippen LogP) is 2.23. The summed E-state index contributed by atoms with van der Waals surface area (Å²) in [5, 5.41) is 9.41. The molecule has 0 fully saturated rings. The maximum atomic E-state index is 9.41. The van der Waals surface area contributed by atoms with Crippen LogP contribution in [0.2, 0.25) is 0 Å². The third-order valence-electron chi connectivity index (χ3n) is 1.94. The highest BCUT2D eigenvalue weighted by molar-refractivity contribution is 9.10. The van der Waals surface area contributed by atoms with Gasteiger partial charge in [-0.25, -0.2) is 0 Å². The van der Waals surface area contributed by atoms with Gasteiger partial charge < -0.3 is 14.6 Å². The van der Waals surface area contributed by atoms with Crippen molar-refractivity contribution in [1.82, 2.24) is 0 Å². The van der Waals surface area contributed by atoms with E-state index in [0.29, 0.717) is 5.75 Å². The lowest BCUT2D eigenvalue weighted by Gasteiger charge is -2.08. The van der Waals surface area contributed by atoms with E-state index in [9.17, 15) is 5.11 Å². The summed E-state index contributed by atoms with van der Waals surface area (Å²) in [7, 11) is 0. The summed E-state index contributed by atoms with van der Waals surface area (Å²) in [5.41, 5.74) is 0.809. The normalized spacial score (nSPS) is 15.9. The van der Waals surface area contributed by atoms with E-state index in [1.54, 1.807) is 13.0 Å². The summed E-state index contributed by atoms with van der Waals surface area (Å²) in [4.78, 5) is 0. The standard InChI is InChI=1S/C9H9BrO3/c1-5(11)6-2-8-9(3-7(6)10)13-4-12-8/h2-3,5,11H,4H2,1H3/t5-/m0/s1. The van der Waals surface area contributed by atoms with Crippen LogP contribution in [0.15, 0.2) is 16.6 Å². The summed E-state index contributed by atoms with van der Waals surface area (Å²) in [5.74, 6) is 1.41. The van der Waals surface area contributed by atoms with E-state index in [1.165, 1.54) is 0 Å². The first kappa shape index (κ1) is 8.84. The van der Waals surface area contributed by atoms with E-state index < -0.39 is 6.10 Å². The first-order valence-electron chi connectivity index (χ1n) is 3.95. The maximum Gasteiger partial charge on any atom is 0.231 e. The second-order valence-corrected chi connectivity index (χ2v) is 3.76. The molecule has 13 heavy (non-hydrogen) atoms. The third-order valence-corrected chi connectivity index (χ3v) is 2.63. The Morgan fingerprint density at radius 1 is 1.38 bits per heavy atom. The Bertz CT molecular complexity index is 336. The molecular formula is C9H9BrO3. The third kappa shape index (κ3) is 1.51. The molecular weight excluding hydrogens is 236 g/mol. The second kappa shape index (κ2) is 3.20. The lowest BCUT2D eigenvalue weighted by atomic mass is 10.1. The van der Waals surface area contributed by atoms with Crippen LogP contribution < -0.4 is 9.47 Å². The predicted molar refractivity (Wildman–Crippen MR) is 50.9 cm³/mol. The van der Waals surface area contributed by atoms with Crippen molar-refractivity contribution in [3.05, 3.63) is 22.2 Å². The molecule has 0 saturated heterocycles. The van der Waals surface area contributed by atoms with Gasteiger partial charge in [0.15, 0.2) is 11.5 Å². The summed E-state index contributed by atoms with van der Waals surface area (Å²) in [6.07, 6.45) is -0.510. The van der Waals surface area contributed by atoms with E-state index in [0.717, 1.165) is 15.8 Å². The van der Waals surface area contributed by atoms with Crippen LogP contribution in [0.25, 0.3) is 0 Å². The average molecular weight is 245 g/mol. The van der Waals surface area contributed by atoms with Gasteiger partial charge in [0.25, 0.3) is 0 Å². The minimum absolute atomic E-state index is 0.255. The van der Waals surface area contributed by atoms with Crippen LogP contribution in [0, 0.1) is 0 Å². The number of ether oxygens (including phenoxy) is 2. The maximum absolute atomic E-state index is 9.41. The van der Waals surface area contributed by atoms with Gasteiger partial charge in [-0.1, -0.05) is 15.9 Å². The zero-order valence-electron chi connectivity index (χ0n) is 7.08. The largest absolute Gasteiger partial charge is 0.454 e. The monoisotopic (exact) mass is 244 g/mol. The Hall–Kier alpha value is -0.740. The number of hydrogen-bond donors (Lipinski definition) is 1. The number of benzene rings is 1. The summed E-state index contributed by atoms with van der Waals surface area (Å²) in [6.45, 7) is 1.97. The molecule has 0 unspecified atom stereocenters. The van der Waals surface area contributed by atoms with E-state index >= 15 is 0 Å². The van der Waals surface area contributed by atoms with Crippen LogP contribution in [-0.4, -0.2) is 11.9 Å². The van der Waals surface area contributed by atoms with Crippen LogP contribution >= 0.6 is 15.9 Å². The first-order chi connectivity index (χ1) is 6.18. The molecule has 4 heteroatoms. The molecule has 1 aliphatic rings. The van der Waals surface area contributed by atoms with Gasteiger partial charge in [-0.15, -0.1) is 0 Å². The highest BCUT2D eigenvalue weighted by Crippen LogP contribution is 2.38. The fraction of sp³-hybridized carbons (Fsp3) is 0.333. The minimum Gasteiger partial charge on any atom is -0.454 e. The zero-order chi connectivity index (χ0) is 9.42. The van der Waals surface area contributed by atoms with Crippen molar-refractivity contribution in [3.63, 3.8) is 0 Å². The molecule has 1 heterocycles. The molecule has 0 aliphatic carbocycles. The molecule has 3 nitrogen and oxygen atoms in total. The molecule has 1 aromatic carbocycles. The first-order valence-corrected chi connectivity index (χ1v) is 4.75. The SMILES string of the molecule is C[C@H](O)c1cc2c(cc1Br)OCO2. The molecule has 1 N–H and O–H groups in total. The topological polar surface area (TPSA) is 38.7 Å². The van der Waals surface area contributed by atoms with Crippen molar-refractivity contribution in [1.29, 1.82) is 0 Å². The second-order valence-electron chi connectivity index (χ2n) is 2.90. The highest BCUT2D eigenvalue weighted by atomic mass is 79.9. The highest BCUT2D eigenvalue weighted by Gasteiger charge is 2.17. The van der Waals surface area contributed by atoms with Gasteiger partial charge >= 0.3 is 0 Å². The number of hydrogen-bond acceptors (Lipinski definition) is 3. The molecule has 1 aromatic rings. The van der Waals surface area contributed by atoms with Gasteiger partial charge in [0, 0.05) is 4.47 Å². The fourth-order valence-corrected chi connectivity index (χ4v) is 1.91. The molecule has 2 rings (SSSR count). The molecule has 0 spiro atoms. The number of rotatable bonds is 1. The molecule has 0 saturated carbocycles. The van der Waals surface area contributed by atoms with Crippen molar-refractivity contribution < 1.29 is 14.6 Å². The number of halogens is 1. The molecule has 0 aromatic heterocycles. The Balaban J connectivity index is 2.49. The fourth-order valence-electron chi connectivity index (χ4n) is 1.25. The van der Waals surface area contributed by atoms with Gasteiger partial charge in [-0.3, -0.25) is 0 Å². The van der Waals surface area contributed by atoms with Crippen LogP contribution in [0.4, 0.5) is 0 Å². The Morgan fingerprint density at radius 3 is 2.62 bits per heavy atom. The van der Waals surface area contributed by atoms with E-state index in [4.69, 9.17) is 9.47 Å². The average Bonchev–Trinajstić information content (AvgIpc) is 2.48. The van der Waals surface area contributed by atoms with Crippen molar-refractivity contribution >= 4 is 15.9 Å². The molecule has 0 bridgehead atoms. The van der Waals surface area contributed by atoms with Crippen molar-refractivity contribution in [3.8, 4) is 11.5 Å². The van der Waals surface area contributed by atoms with Gasteiger partial charge in [-0.2, -0.15) is 0 Å². The Kier molecular flexibility index (Phi) is 2.17. The number of aliphatic hydroxyl groups excluding tert-OH is 1. The van der Waals surface area contributed by atoms with Gasteiger partial charge in [0.2, 0.25) is 6.79 Å². The molecule has 1 atom stereocenters. The van der Waals surface area contributed by atoms with Crippen molar-refractivity contribution in [2.24, 2.45) is 0 Å². The lowest BCUT2D eigenvalue weighted by molar-refractivity contribution is 0.173. The number of aliphatic hydroxyl groups is 1. The molecule has 70 valence electrons. The smallest absolute Gasteiger partial charge is 0.231 e. The van der Waals surface area contributed by atoms with Crippen LogP contribution in [0.3, 0.4) is 0 Å². The molecule has 0 radical (unpaired) electrons. The molecule has 0 amide bonds. The lowest BCUT2D eigenvalue weighted by Crippen LogP contribution is -1.93. The van der Waals surface area contributed by atoms with Gasteiger partial charge in [-0.05, 0) is 24.6 Å². The van der Waals surface area contributed by atoms with Crippen molar-refractivity contribution in [2.75, 3.05) is 6.79 Å². The van der Waals surface area contributed by atoms with Crippen LogP contribution in [-0.2, 0) is 0 Å². The summed E-state index contributed by atoms with van der Waals surface area (Å²) >= 11 is 3.35. The molecule has 1 aliphatic heterocycles. The number of fused-ring (bicyclic) bond motifs is 1. The Labute approximate surface area is 84.4 Å². The van der Waals surface area contributed by atoms with Gasteiger partial charge in [0.05, 0.1) is 6.10 Å². The van der Waals surface area contributed by atoms with E-state index in [2.05, 4.69) is 15.9 Å². The van der Waals surface area contributed by atoms with Crippen LogP contribution in [0.5, 0.6) is 11.5 Å². The van der Waals surface area contributed by atoms with Gasteiger partial charge in [0.1, 0.15) is 0 Å². The quantitative estimate of drug-likeness (QED) is 0.824. The van der Waals surface area contributed by atoms with Crippen molar-refractivity contribution in [2.45, 2.75) is 13.0 Å². The zero-order valence-corrected chi connectivity index (χ0v) is 8.67. The minimum atomic E-state index is -0.510. The summed E-state index contributed by atoms with van der Waals surface area (Å²) in [6, 6.07) is 3.60. The Morgan fingerprint density at radius 2 is 2.00 bits per heavy atom. The summed E-state index contributed by atoms with van der Waals surface area (Å²) < 4.78 is 11.2. The van der Waals surface area contributed by atoms with E-state index in [-0.39, 0.29) is 6.79 Å².